The van der Waals surface area contributed by atoms with Gasteiger partial charge in [0.05, 0.1) is 29.3 Å². The summed E-state index contributed by atoms with van der Waals surface area (Å²) in [5.41, 5.74) is 6.59. The van der Waals surface area contributed by atoms with Crippen molar-refractivity contribution in [3.63, 3.8) is 0 Å². The van der Waals surface area contributed by atoms with E-state index in [1.807, 2.05) is 69.5 Å². The molecule has 0 bridgehead atoms. The summed E-state index contributed by atoms with van der Waals surface area (Å²) in [7, 11) is 7.97. The number of likely N-dealkylation sites (N-methyl/N-ethyl adjacent to an activating group) is 2. The third-order valence-electron chi connectivity index (χ3n) is 7.17. The SMILES string of the molecule is CN(C)CCOc1cncc(-c2cc3c(-c4cc5c(-c6cc(F)cc(OCCN(C)C)c6)cccc5[nH]4)n[nH]c3cn2)c1. The first-order valence-corrected chi connectivity index (χ1v) is 14.1. The van der Waals surface area contributed by atoms with Crippen LogP contribution in [0.15, 0.2) is 73.2 Å². The number of nitrogens with zero attached hydrogens (tertiary/aromatic N) is 5. The Morgan fingerprint density at radius 1 is 0.767 bits per heavy atom. The van der Waals surface area contributed by atoms with Crippen molar-refractivity contribution >= 4 is 21.8 Å². The predicted molar refractivity (Wildman–Crippen MR) is 168 cm³/mol. The number of aromatic amines is 2. The summed E-state index contributed by atoms with van der Waals surface area (Å²) in [6.45, 7) is 2.59. The largest absolute Gasteiger partial charge is 0.492 e. The third-order valence-corrected chi connectivity index (χ3v) is 7.17. The second-order valence-corrected chi connectivity index (χ2v) is 11.0. The average molecular weight is 580 g/mol. The number of aromatic nitrogens is 5. The van der Waals surface area contributed by atoms with Gasteiger partial charge in [-0.05, 0) is 75.7 Å². The van der Waals surface area contributed by atoms with Crippen LogP contribution >= 0.6 is 0 Å². The van der Waals surface area contributed by atoms with Gasteiger partial charge in [0.1, 0.15) is 36.2 Å². The van der Waals surface area contributed by atoms with Crippen molar-refractivity contribution in [1.29, 1.82) is 0 Å². The second-order valence-electron chi connectivity index (χ2n) is 11.0. The van der Waals surface area contributed by atoms with Crippen molar-refractivity contribution < 1.29 is 13.9 Å². The summed E-state index contributed by atoms with van der Waals surface area (Å²) in [4.78, 5) is 16.6. The summed E-state index contributed by atoms with van der Waals surface area (Å²) in [6, 6.07) is 16.8. The molecule has 4 aromatic heterocycles. The van der Waals surface area contributed by atoms with E-state index < -0.39 is 0 Å². The molecule has 10 heteroatoms. The Balaban J connectivity index is 1.33. The van der Waals surface area contributed by atoms with Gasteiger partial charge in [0.25, 0.3) is 0 Å². The van der Waals surface area contributed by atoms with E-state index in [-0.39, 0.29) is 5.82 Å². The van der Waals surface area contributed by atoms with E-state index in [2.05, 4.69) is 36.1 Å². The van der Waals surface area contributed by atoms with E-state index in [0.717, 1.165) is 68.7 Å². The lowest BCUT2D eigenvalue weighted by Gasteiger charge is -2.12. The van der Waals surface area contributed by atoms with E-state index in [9.17, 15) is 4.39 Å². The maximum atomic E-state index is 14.7. The van der Waals surface area contributed by atoms with Crippen LogP contribution in [0.25, 0.3) is 55.6 Å². The zero-order valence-electron chi connectivity index (χ0n) is 24.7. The van der Waals surface area contributed by atoms with Crippen molar-refractivity contribution in [2.45, 2.75) is 0 Å². The molecule has 0 fully saturated rings. The molecule has 43 heavy (non-hydrogen) atoms. The number of halogens is 1. The van der Waals surface area contributed by atoms with Gasteiger partial charge >= 0.3 is 0 Å². The van der Waals surface area contributed by atoms with Crippen LogP contribution in [-0.4, -0.2) is 89.4 Å². The van der Waals surface area contributed by atoms with Gasteiger partial charge in [-0.25, -0.2) is 4.39 Å². The Kier molecular flexibility index (Phi) is 8.04. The minimum Gasteiger partial charge on any atom is -0.492 e. The summed E-state index contributed by atoms with van der Waals surface area (Å²) in [5, 5.41) is 9.60. The zero-order chi connectivity index (χ0) is 29.9. The highest BCUT2D eigenvalue weighted by molar-refractivity contribution is 6.01. The lowest BCUT2D eigenvalue weighted by Crippen LogP contribution is -2.19. The summed E-state index contributed by atoms with van der Waals surface area (Å²) in [5.74, 6) is 0.857. The molecule has 0 saturated carbocycles. The Morgan fingerprint density at radius 3 is 2.33 bits per heavy atom. The smallest absolute Gasteiger partial charge is 0.138 e. The number of fused-ring (bicyclic) bond motifs is 2. The first-order chi connectivity index (χ1) is 20.8. The molecule has 6 rings (SSSR count). The predicted octanol–water partition coefficient (Wildman–Crippen LogP) is 5.86. The summed E-state index contributed by atoms with van der Waals surface area (Å²) in [6.07, 6.45) is 5.26. The van der Waals surface area contributed by atoms with Crippen molar-refractivity contribution in [2.24, 2.45) is 0 Å². The van der Waals surface area contributed by atoms with Gasteiger partial charge in [-0.3, -0.25) is 15.1 Å². The molecule has 9 nitrogen and oxygen atoms in total. The fourth-order valence-electron chi connectivity index (χ4n) is 4.95. The van der Waals surface area contributed by atoms with Gasteiger partial charge in [-0.2, -0.15) is 5.10 Å². The highest BCUT2D eigenvalue weighted by Gasteiger charge is 2.16. The molecule has 4 heterocycles. The molecule has 0 aliphatic heterocycles. The normalized spacial score (nSPS) is 11.7. The average Bonchev–Trinajstić information content (AvgIpc) is 3.60. The standard InChI is InChI=1S/C33H34FN7O2/c1-40(2)8-10-42-24-13-21(12-23(34)15-24)26-6-5-7-29-27(26)16-31(37-29)33-28-17-30(36-20-32(28)38-39-33)22-14-25(19-35-18-22)43-11-9-41(3)4/h5-7,12-20,37H,8-11H2,1-4H3,(H,38,39). The lowest BCUT2D eigenvalue weighted by atomic mass is 10.0. The molecular weight excluding hydrogens is 545 g/mol. The maximum Gasteiger partial charge on any atom is 0.138 e. The van der Waals surface area contributed by atoms with Crippen LogP contribution in [0, 0.1) is 5.82 Å². The number of rotatable bonds is 11. The lowest BCUT2D eigenvalue weighted by molar-refractivity contribution is 0.260. The molecule has 2 N–H and O–H groups in total. The van der Waals surface area contributed by atoms with Crippen LogP contribution in [0.2, 0.25) is 0 Å². The number of nitrogens with one attached hydrogen (secondary N) is 2. The van der Waals surface area contributed by atoms with E-state index in [1.165, 1.54) is 12.1 Å². The second kappa shape index (κ2) is 12.2. The molecule has 220 valence electrons. The number of H-pyrrole nitrogens is 2. The van der Waals surface area contributed by atoms with Crippen molar-refractivity contribution in [3.05, 3.63) is 79.0 Å². The Bertz CT molecular complexity index is 1880. The van der Waals surface area contributed by atoms with Crippen LogP contribution in [0.4, 0.5) is 4.39 Å². The highest BCUT2D eigenvalue weighted by atomic mass is 19.1. The van der Waals surface area contributed by atoms with Crippen LogP contribution in [-0.2, 0) is 0 Å². The van der Waals surface area contributed by atoms with E-state index in [1.54, 1.807) is 18.6 Å². The molecule has 0 atom stereocenters. The van der Waals surface area contributed by atoms with E-state index in [4.69, 9.17) is 9.47 Å². The Hall–Kier alpha value is -4.80. The summed E-state index contributed by atoms with van der Waals surface area (Å²) >= 11 is 0. The minimum absolute atomic E-state index is 0.343. The first-order valence-electron chi connectivity index (χ1n) is 14.1. The molecule has 2 aromatic carbocycles. The fraction of sp³-hybridized carbons (Fsp3) is 0.242. The number of benzene rings is 2. The number of pyridine rings is 2. The van der Waals surface area contributed by atoms with E-state index in [0.29, 0.717) is 24.7 Å². The zero-order valence-corrected chi connectivity index (χ0v) is 24.7. The number of ether oxygens (including phenoxy) is 2. The minimum atomic E-state index is -0.343. The molecule has 0 aliphatic rings. The molecule has 0 saturated heterocycles. The Morgan fingerprint density at radius 2 is 1.53 bits per heavy atom. The topological polar surface area (TPSA) is 95.2 Å². The maximum absolute atomic E-state index is 14.7. The fourth-order valence-corrected chi connectivity index (χ4v) is 4.95. The van der Waals surface area contributed by atoms with E-state index >= 15 is 0 Å². The number of hydrogen-bond acceptors (Lipinski definition) is 7. The molecule has 6 aromatic rings. The first kappa shape index (κ1) is 28.3. The van der Waals surface area contributed by atoms with Gasteiger partial charge in [0.15, 0.2) is 0 Å². The molecule has 0 amide bonds. The van der Waals surface area contributed by atoms with Crippen molar-refractivity contribution in [2.75, 3.05) is 54.5 Å². The molecule has 0 unspecified atom stereocenters. The van der Waals surface area contributed by atoms with Crippen LogP contribution in [0.1, 0.15) is 0 Å². The molecule has 0 aliphatic carbocycles. The van der Waals surface area contributed by atoms with Crippen molar-refractivity contribution in [3.8, 4) is 45.3 Å². The van der Waals surface area contributed by atoms with Crippen LogP contribution in [0.5, 0.6) is 11.5 Å². The van der Waals surface area contributed by atoms with Gasteiger partial charge in [0.2, 0.25) is 0 Å². The van der Waals surface area contributed by atoms with Gasteiger partial charge < -0.3 is 24.3 Å². The molecular formula is C33H34FN7O2. The molecule has 0 radical (unpaired) electrons. The van der Waals surface area contributed by atoms with Gasteiger partial charge in [-0.1, -0.05) is 12.1 Å². The number of hydrogen-bond donors (Lipinski definition) is 2. The van der Waals surface area contributed by atoms with Crippen molar-refractivity contribution in [1.82, 2.24) is 34.9 Å². The Labute approximate surface area is 249 Å². The van der Waals surface area contributed by atoms with Gasteiger partial charge in [-0.15, -0.1) is 0 Å². The summed E-state index contributed by atoms with van der Waals surface area (Å²) < 4.78 is 26.4. The van der Waals surface area contributed by atoms with Gasteiger partial charge in [0, 0.05) is 47.2 Å². The van der Waals surface area contributed by atoms with Crippen LogP contribution in [0.3, 0.4) is 0 Å². The quantitative estimate of drug-likeness (QED) is 0.199. The van der Waals surface area contributed by atoms with Crippen LogP contribution < -0.4 is 9.47 Å². The monoisotopic (exact) mass is 579 g/mol. The molecule has 0 spiro atoms. The third kappa shape index (κ3) is 6.35. The highest BCUT2D eigenvalue weighted by Crippen LogP contribution is 2.36.